The molecule has 1 saturated carbocycles. The predicted molar refractivity (Wildman–Crippen MR) is 64.4 cm³/mol. The van der Waals surface area contributed by atoms with Gasteiger partial charge in [-0.15, -0.1) is 0 Å². The van der Waals surface area contributed by atoms with Gasteiger partial charge in [0.25, 0.3) is 0 Å². The molecule has 5 heteroatoms. The van der Waals surface area contributed by atoms with Crippen LogP contribution in [0.4, 0.5) is 0 Å². The van der Waals surface area contributed by atoms with E-state index >= 15 is 0 Å². The number of carboxylic acids is 1. The van der Waals surface area contributed by atoms with E-state index in [-0.39, 0.29) is 24.3 Å². The van der Waals surface area contributed by atoms with Gasteiger partial charge >= 0.3 is 5.97 Å². The number of aliphatic carboxylic acids is 1. The molecule has 2 unspecified atom stereocenters. The van der Waals surface area contributed by atoms with Crippen LogP contribution in [0.5, 0.6) is 0 Å². The Morgan fingerprint density at radius 1 is 1.41 bits per heavy atom. The number of carboxylic acid groups (broad SMARTS) is 1. The largest absolute Gasteiger partial charge is 0.480 e. The van der Waals surface area contributed by atoms with Crippen LogP contribution in [0.15, 0.2) is 0 Å². The van der Waals surface area contributed by atoms with Crippen LogP contribution < -0.4 is 5.73 Å². The van der Waals surface area contributed by atoms with Crippen molar-refractivity contribution in [3.05, 3.63) is 0 Å². The van der Waals surface area contributed by atoms with Gasteiger partial charge in [0.2, 0.25) is 5.91 Å². The Hall–Kier alpha value is -1.10. The maximum Gasteiger partial charge on any atom is 0.323 e. The van der Waals surface area contributed by atoms with Crippen LogP contribution in [-0.4, -0.2) is 41.5 Å². The molecule has 3 N–H and O–H groups in total. The van der Waals surface area contributed by atoms with E-state index in [0.29, 0.717) is 13.1 Å². The van der Waals surface area contributed by atoms with Crippen LogP contribution in [-0.2, 0) is 9.59 Å². The molecule has 1 rings (SSSR count). The van der Waals surface area contributed by atoms with E-state index in [9.17, 15) is 9.59 Å². The highest BCUT2D eigenvalue weighted by atomic mass is 16.4. The van der Waals surface area contributed by atoms with Crippen LogP contribution in [0.3, 0.4) is 0 Å². The lowest BCUT2D eigenvalue weighted by molar-refractivity contribution is -0.146. The van der Waals surface area contributed by atoms with Gasteiger partial charge in [-0.25, -0.2) is 0 Å². The highest BCUT2D eigenvalue weighted by Gasteiger charge is 2.34. The van der Waals surface area contributed by atoms with Gasteiger partial charge in [-0.1, -0.05) is 13.3 Å². The number of rotatable bonds is 6. The third-order valence-electron chi connectivity index (χ3n) is 3.41. The summed E-state index contributed by atoms with van der Waals surface area (Å²) in [6.07, 6.45) is 3.63. The lowest BCUT2D eigenvalue weighted by Crippen LogP contribution is -2.42. The molecular weight excluding hydrogens is 220 g/mol. The number of hydrogen-bond acceptors (Lipinski definition) is 3. The Kier molecular flexibility index (Phi) is 5.41. The van der Waals surface area contributed by atoms with E-state index in [1.54, 1.807) is 0 Å². The summed E-state index contributed by atoms with van der Waals surface area (Å²) >= 11 is 0. The van der Waals surface area contributed by atoms with E-state index in [2.05, 4.69) is 0 Å². The monoisotopic (exact) mass is 242 g/mol. The number of nitrogens with zero attached hydrogens (tertiary/aromatic N) is 1. The highest BCUT2D eigenvalue weighted by molar-refractivity contribution is 5.83. The van der Waals surface area contributed by atoms with E-state index in [0.717, 1.165) is 25.7 Å². The highest BCUT2D eigenvalue weighted by Crippen LogP contribution is 2.32. The van der Waals surface area contributed by atoms with Gasteiger partial charge in [0, 0.05) is 12.5 Å². The molecule has 1 fully saturated rings. The van der Waals surface area contributed by atoms with Crippen LogP contribution in [0.25, 0.3) is 0 Å². The Balaban J connectivity index is 2.65. The van der Waals surface area contributed by atoms with Crippen molar-refractivity contribution < 1.29 is 14.7 Å². The quantitative estimate of drug-likeness (QED) is 0.717. The normalized spacial score (nSPS) is 23.6. The smallest absolute Gasteiger partial charge is 0.323 e. The summed E-state index contributed by atoms with van der Waals surface area (Å²) in [7, 11) is 0. The summed E-state index contributed by atoms with van der Waals surface area (Å²) in [5.41, 5.74) is 5.65. The number of carbonyl (C=O) groups excluding carboxylic acids is 1. The molecule has 0 saturated heterocycles. The molecule has 1 aliphatic carbocycles. The zero-order chi connectivity index (χ0) is 12.8. The standard InChI is InChI=1S/C12H22N2O3/c1-2-6-14(8-11(15)16)12(17)10-5-3-4-9(10)7-13/h9-10H,2-8,13H2,1H3,(H,15,16). The van der Waals surface area contributed by atoms with Gasteiger partial charge in [0.1, 0.15) is 6.54 Å². The average Bonchev–Trinajstić information content (AvgIpc) is 2.74. The number of carbonyl (C=O) groups is 2. The Morgan fingerprint density at radius 3 is 2.65 bits per heavy atom. The molecule has 1 amide bonds. The fraction of sp³-hybridized carbons (Fsp3) is 0.833. The second-order valence-corrected chi connectivity index (χ2v) is 4.69. The van der Waals surface area contributed by atoms with Crippen molar-refractivity contribution in [2.45, 2.75) is 32.6 Å². The topological polar surface area (TPSA) is 83.6 Å². The summed E-state index contributed by atoms with van der Waals surface area (Å²) in [4.78, 5) is 24.4. The molecule has 0 aromatic carbocycles. The molecule has 0 aromatic heterocycles. The minimum absolute atomic E-state index is 0.0257. The molecule has 0 radical (unpaired) electrons. The summed E-state index contributed by atoms with van der Waals surface area (Å²) in [6.45, 7) is 2.78. The van der Waals surface area contributed by atoms with Crippen LogP contribution in [0, 0.1) is 11.8 Å². The average molecular weight is 242 g/mol. The minimum Gasteiger partial charge on any atom is -0.480 e. The first-order chi connectivity index (χ1) is 8.10. The second kappa shape index (κ2) is 6.59. The molecule has 0 aromatic rings. The van der Waals surface area contributed by atoms with Crippen LogP contribution in [0.2, 0.25) is 0 Å². The summed E-state index contributed by atoms with van der Waals surface area (Å²) < 4.78 is 0. The number of nitrogens with two attached hydrogens (primary N) is 1. The molecule has 17 heavy (non-hydrogen) atoms. The third kappa shape index (κ3) is 3.70. The van der Waals surface area contributed by atoms with Crippen molar-refractivity contribution in [3.8, 4) is 0 Å². The summed E-state index contributed by atoms with van der Waals surface area (Å²) in [5.74, 6) is -0.808. The summed E-state index contributed by atoms with van der Waals surface area (Å²) in [6, 6.07) is 0. The SMILES string of the molecule is CCCN(CC(=O)O)C(=O)C1CCCC1CN. The van der Waals surface area contributed by atoms with Crippen molar-refractivity contribution in [2.75, 3.05) is 19.6 Å². The number of amides is 1. The molecule has 98 valence electrons. The van der Waals surface area contributed by atoms with Gasteiger partial charge in [-0.2, -0.15) is 0 Å². The molecule has 0 spiro atoms. The summed E-state index contributed by atoms with van der Waals surface area (Å²) in [5, 5.41) is 8.81. The first-order valence-corrected chi connectivity index (χ1v) is 6.30. The van der Waals surface area contributed by atoms with Gasteiger partial charge in [0.15, 0.2) is 0 Å². The maximum absolute atomic E-state index is 12.2. The number of hydrogen-bond donors (Lipinski definition) is 2. The molecule has 1 aliphatic rings. The molecule has 0 heterocycles. The van der Waals surface area contributed by atoms with E-state index in [1.807, 2.05) is 6.92 Å². The van der Waals surface area contributed by atoms with Crippen molar-refractivity contribution in [1.29, 1.82) is 0 Å². The van der Waals surface area contributed by atoms with Gasteiger partial charge < -0.3 is 15.7 Å². The van der Waals surface area contributed by atoms with Gasteiger partial charge in [-0.3, -0.25) is 9.59 Å². The molecule has 0 bridgehead atoms. The van der Waals surface area contributed by atoms with Gasteiger partial charge in [-0.05, 0) is 31.7 Å². The first kappa shape index (κ1) is 14.0. The van der Waals surface area contributed by atoms with Crippen molar-refractivity contribution in [2.24, 2.45) is 17.6 Å². The fourth-order valence-corrected chi connectivity index (χ4v) is 2.58. The van der Waals surface area contributed by atoms with Gasteiger partial charge in [0.05, 0.1) is 0 Å². The molecular formula is C12H22N2O3. The first-order valence-electron chi connectivity index (χ1n) is 6.30. The minimum atomic E-state index is -0.950. The van der Waals surface area contributed by atoms with Crippen molar-refractivity contribution in [3.63, 3.8) is 0 Å². The van der Waals surface area contributed by atoms with E-state index in [4.69, 9.17) is 10.8 Å². The molecule has 2 atom stereocenters. The van der Waals surface area contributed by atoms with Crippen LogP contribution >= 0.6 is 0 Å². The van der Waals surface area contributed by atoms with Crippen LogP contribution in [0.1, 0.15) is 32.6 Å². The lowest BCUT2D eigenvalue weighted by atomic mass is 9.94. The second-order valence-electron chi connectivity index (χ2n) is 4.69. The Bertz CT molecular complexity index is 281. The Morgan fingerprint density at radius 2 is 2.12 bits per heavy atom. The maximum atomic E-state index is 12.2. The molecule has 0 aliphatic heterocycles. The van der Waals surface area contributed by atoms with E-state index in [1.165, 1.54) is 4.90 Å². The van der Waals surface area contributed by atoms with Crippen molar-refractivity contribution in [1.82, 2.24) is 4.90 Å². The predicted octanol–water partition coefficient (Wildman–Crippen LogP) is 0.685. The lowest BCUT2D eigenvalue weighted by Gasteiger charge is -2.26. The third-order valence-corrected chi connectivity index (χ3v) is 3.41. The van der Waals surface area contributed by atoms with Crippen molar-refractivity contribution >= 4 is 11.9 Å². The zero-order valence-electron chi connectivity index (χ0n) is 10.4. The van der Waals surface area contributed by atoms with E-state index < -0.39 is 5.97 Å². The molecule has 5 nitrogen and oxygen atoms in total. The fourth-order valence-electron chi connectivity index (χ4n) is 2.58. The Labute approximate surface area is 102 Å². The zero-order valence-corrected chi connectivity index (χ0v) is 10.4.